The summed E-state index contributed by atoms with van der Waals surface area (Å²) in [5.41, 5.74) is 1.71. The first kappa shape index (κ1) is 18.1. The van der Waals surface area contributed by atoms with Crippen molar-refractivity contribution in [2.24, 2.45) is 0 Å². The predicted molar refractivity (Wildman–Crippen MR) is 98.7 cm³/mol. The Morgan fingerprint density at radius 2 is 1.96 bits per heavy atom. The van der Waals surface area contributed by atoms with Crippen LogP contribution in [0.1, 0.15) is 50.2 Å². The molecule has 1 aromatic carbocycles. The SMILES string of the molecule is CC(C)c1ccc(/C=C/CC(=O)NCC2(O)CCSCC2)cc1. The Kier molecular flexibility index (Phi) is 6.72. The molecule has 1 aliphatic heterocycles. The zero-order valence-electron chi connectivity index (χ0n) is 14.0. The number of nitrogens with one attached hydrogen (secondary N) is 1. The molecule has 0 aromatic heterocycles. The number of hydrogen-bond acceptors (Lipinski definition) is 3. The van der Waals surface area contributed by atoms with Crippen LogP contribution in [-0.4, -0.2) is 34.7 Å². The van der Waals surface area contributed by atoms with E-state index in [4.69, 9.17) is 0 Å². The van der Waals surface area contributed by atoms with Crippen LogP contribution in [0.3, 0.4) is 0 Å². The molecule has 1 aromatic rings. The monoisotopic (exact) mass is 333 g/mol. The van der Waals surface area contributed by atoms with Crippen LogP contribution in [0.25, 0.3) is 6.08 Å². The van der Waals surface area contributed by atoms with Crippen LogP contribution in [0.5, 0.6) is 0 Å². The topological polar surface area (TPSA) is 49.3 Å². The minimum atomic E-state index is -0.711. The molecule has 0 atom stereocenters. The van der Waals surface area contributed by atoms with Gasteiger partial charge >= 0.3 is 0 Å². The van der Waals surface area contributed by atoms with Gasteiger partial charge in [-0.25, -0.2) is 0 Å². The molecule has 1 fully saturated rings. The molecule has 3 nitrogen and oxygen atoms in total. The van der Waals surface area contributed by atoms with E-state index in [1.165, 1.54) is 5.56 Å². The van der Waals surface area contributed by atoms with Gasteiger partial charge in [-0.2, -0.15) is 11.8 Å². The van der Waals surface area contributed by atoms with Crippen molar-refractivity contribution in [3.05, 3.63) is 41.5 Å². The number of benzene rings is 1. The van der Waals surface area contributed by atoms with E-state index in [9.17, 15) is 9.90 Å². The fourth-order valence-corrected chi connectivity index (χ4v) is 3.81. The van der Waals surface area contributed by atoms with Crippen molar-refractivity contribution >= 4 is 23.7 Å². The Morgan fingerprint density at radius 3 is 2.57 bits per heavy atom. The lowest BCUT2D eigenvalue weighted by Crippen LogP contribution is -2.45. The van der Waals surface area contributed by atoms with Crippen LogP contribution in [0.2, 0.25) is 0 Å². The standard InChI is InChI=1S/C19H27NO2S/c1-15(2)17-8-6-16(7-9-17)4-3-5-18(21)20-14-19(22)10-12-23-13-11-19/h3-4,6-9,15,22H,5,10-14H2,1-2H3,(H,20,21)/b4-3+. The Morgan fingerprint density at radius 1 is 1.30 bits per heavy atom. The molecule has 1 aliphatic rings. The summed E-state index contributed by atoms with van der Waals surface area (Å²) in [4.78, 5) is 11.9. The van der Waals surface area contributed by atoms with Crippen molar-refractivity contribution in [3.63, 3.8) is 0 Å². The zero-order valence-corrected chi connectivity index (χ0v) is 14.9. The first-order valence-electron chi connectivity index (χ1n) is 8.32. The van der Waals surface area contributed by atoms with Gasteiger partial charge in [-0.05, 0) is 41.4 Å². The summed E-state index contributed by atoms with van der Waals surface area (Å²) >= 11 is 1.86. The van der Waals surface area contributed by atoms with Gasteiger partial charge < -0.3 is 10.4 Å². The molecule has 1 heterocycles. The first-order valence-corrected chi connectivity index (χ1v) is 9.47. The molecule has 23 heavy (non-hydrogen) atoms. The summed E-state index contributed by atoms with van der Waals surface area (Å²) in [6, 6.07) is 8.40. The Labute approximate surface area is 143 Å². The van der Waals surface area contributed by atoms with Gasteiger partial charge in [-0.15, -0.1) is 0 Å². The van der Waals surface area contributed by atoms with E-state index >= 15 is 0 Å². The summed E-state index contributed by atoms with van der Waals surface area (Å²) in [6.07, 6.45) is 5.71. The number of hydrogen-bond donors (Lipinski definition) is 2. The molecule has 0 radical (unpaired) electrons. The summed E-state index contributed by atoms with van der Waals surface area (Å²) in [5.74, 6) is 2.44. The highest BCUT2D eigenvalue weighted by Crippen LogP contribution is 2.26. The van der Waals surface area contributed by atoms with Gasteiger partial charge in [0.25, 0.3) is 0 Å². The normalized spacial score (nSPS) is 17.6. The first-order chi connectivity index (χ1) is 11.0. The van der Waals surface area contributed by atoms with E-state index in [2.05, 4.69) is 43.4 Å². The molecule has 126 valence electrons. The molecule has 0 spiro atoms. The number of amides is 1. The van der Waals surface area contributed by atoms with E-state index in [-0.39, 0.29) is 5.91 Å². The second-order valence-corrected chi connectivity index (χ2v) is 7.77. The fraction of sp³-hybridized carbons (Fsp3) is 0.526. The molecule has 0 saturated carbocycles. The van der Waals surface area contributed by atoms with Gasteiger partial charge in [0.2, 0.25) is 5.91 Å². The maximum atomic E-state index is 11.9. The van der Waals surface area contributed by atoms with Crippen LogP contribution in [0.4, 0.5) is 0 Å². The Balaban J connectivity index is 1.75. The predicted octanol–water partition coefficient (Wildman–Crippen LogP) is 3.59. The highest BCUT2D eigenvalue weighted by atomic mass is 32.2. The lowest BCUT2D eigenvalue weighted by atomic mass is 9.97. The third-order valence-corrected chi connectivity index (χ3v) is 5.24. The molecule has 0 unspecified atom stereocenters. The number of rotatable bonds is 6. The largest absolute Gasteiger partial charge is 0.388 e. The minimum absolute atomic E-state index is 0.0355. The van der Waals surface area contributed by atoms with E-state index in [0.717, 1.165) is 29.9 Å². The van der Waals surface area contributed by atoms with Crippen molar-refractivity contribution in [2.45, 2.75) is 44.6 Å². The summed E-state index contributed by atoms with van der Waals surface area (Å²) < 4.78 is 0. The Hall–Kier alpha value is -1.26. The van der Waals surface area contributed by atoms with Gasteiger partial charge in [0.15, 0.2) is 0 Å². The van der Waals surface area contributed by atoms with Gasteiger partial charge in [0.1, 0.15) is 0 Å². The minimum Gasteiger partial charge on any atom is -0.388 e. The van der Waals surface area contributed by atoms with Gasteiger partial charge in [0, 0.05) is 13.0 Å². The average molecular weight is 333 g/mol. The van der Waals surface area contributed by atoms with Crippen molar-refractivity contribution in [1.29, 1.82) is 0 Å². The van der Waals surface area contributed by atoms with Gasteiger partial charge in [0.05, 0.1) is 5.60 Å². The smallest absolute Gasteiger partial charge is 0.223 e. The maximum absolute atomic E-state index is 11.9. The second kappa shape index (κ2) is 8.55. The quantitative estimate of drug-likeness (QED) is 0.836. The van der Waals surface area contributed by atoms with Crippen LogP contribution in [0.15, 0.2) is 30.3 Å². The van der Waals surface area contributed by atoms with E-state index in [0.29, 0.717) is 18.9 Å². The van der Waals surface area contributed by atoms with Crippen molar-refractivity contribution in [1.82, 2.24) is 5.32 Å². The second-order valence-electron chi connectivity index (χ2n) is 6.54. The highest BCUT2D eigenvalue weighted by Gasteiger charge is 2.29. The molecule has 0 bridgehead atoms. The summed E-state index contributed by atoms with van der Waals surface area (Å²) in [6.45, 7) is 4.71. The number of carbonyl (C=O) groups excluding carboxylic acids is 1. The molecule has 1 amide bonds. The number of thioether (sulfide) groups is 1. The third kappa shape index (κ3) is 6.04. The van der Waals surface area contributed by atoms with Gasteiger partial charge in [-0.1, -0.05) is 50.3 Å². The zero-order chi connectivity index (χ0) is 16.7. The fourth-order valence-electron chi connectivity index (χ4n) is 2.56. The average Bonchev–Trinajstić information content (AvgIpc) is 2.54. The van der Waals surface area contributed by atoms with Crippen molar-refractivity contribution in [2.75, 3.05) is 18.1 Å². The number of carbonyl (C=O) groups is 1. The molecular weight excluding hydrogens is 306 g/mol. The number of aliphatic hydroxyl groups is 1. The maximum Gasteiger partial charge on any atom is 0.223 e. The molecular formula is C19H27NO2S. The van der Waals surface area contributed by atoms with E-state index < -0.39 is 5.60 Å². The summed E-state index contributed by atoms with van der Waals surface area (Å²) in [7, 11) is 0. The van der Waals surface area contributed by atoms with Crippen LogP contribution in [0, 0.1) is 0 Å². The Bertz CT molecular complexity index is 531. The van der Waals surface area contributed by atoms with Crippen molar-refractivity contribution < 1.29 is 9.90 Å². The molecule has 0 aliphatic carbocycles. The highest BCUT2D eigenvalue weighted by molar-refractivity contribution is 7.99. The van der Waals surface area contributed by atoms with E-state index in [1.807, 2.05) is 23.9 Å². The summed E-state index contributed by atoms with van der Waals surface area (Å²) in [5, 5.41) is 13.2. The molecule has 2 N–H and O–H groups in total. The van der Waals surface area contributed by atoms with Crippen LogP contribution in [-0.2, 0) is 4.79 Å². The molecule has 1 saturated heterocycles. The van der Waals surface area contributed by atoms with E-state index in [1.54, 1.807) is 0 Å². The molecule has 4 heteroatoms. The molecule has 2 rings (SSSR count). The van der Waals surface area contributed by atoms with Crippen LogP contribution >= 0.6 is 11.8 Å². The lowest BCUT2D eigenvalue weighted by Gasteiger charge is -2.31. The third-order valence-electron chi connectivity index (χ3n) is 4.25. The van der Waals surface area contributed by atoms with Crippen LogP contribution < -0.4 is 5.32 Å². The lowest BCUT2D eigenvalue weighted by molar-refractivity contribution is -0.121. The van der Waals surface area contributed by atoms with Gasteiger partial charge in [-0.3, -0.25) is 4.79 Å². The van der Waals surface area contributed by atoms with Crippen molar-refractivity contribution in [3.8, 4) is 0 Å².